The van der Waals surface area contributed by atoms with Gasteiger partial charge in [-0.15, -0.1) is 0 Å². The molecule has 1 unspecified atom stereocenters. The van der Waals surface area contributed by atoms with Gasteiger partial charge in [0.2, 0.25) is 10.0 Å². The average molecular weight is 390 g/mol. The van der Waals surface area contributed by atoms with E-state index in [1.54, 1.807) is 12.1 Å². The van der Waals surface area contributed by atoms with Gasteiger partial charge in [0.1, 0.15) is 0 Å². The number of carbonyl (C=O) groups is 1. The van der Waals surface area contributed by atoms with E-state index < -0.39 is 10.0 Å². The molecule has 0 spiro atoms. The SMILES string of the molecule is CNS(=O)(=O)Cc1ccc(CNC(=O)NC(C)CCc2ccccc2)cc1. The minimum atomic E-state index is -3.28. The molecule has 0 aliphatic carbocycles. The molecule has 27 heavy (non-hydrogen) atoms. The van der Waals surface area contributed by atoms with Crippen LogP contribution in [0.15, 0.2) is 54.6 Å². The molecule has 146 valence electrons. The summed E-state index contributed by atoms with van der Waals surface area (Å²) in [6.07, 6.45) is 1.78. The molecule has 0 saturated carbocycles. The largest absolute Gasteiger partial charge is 0.336 e. The Morgan fingerprint density at radius 1 is 0.963 bits per heavy atom. The number of aryl methyl sites for hydroxylation is 1. The second-order valence-electron chi connectivity index (χ2n) is 6.53. The van der Waals surface area contributed by atoms with Crippen LogP contribution in [0.5, 0.6) is 0 Å². The van der Waals surface area contributed by atoms with Crippen molar-refractivity contribution in [2.24, 2.45) is 0 Å². The summed E-state index contributed by atoms with van der Waals surface area (Å²) in [6, 6.07) is 17.2. The number of nitrogens with one attached hydrogen (secondary N) is 3. The van der Waals surface area contributed by atoms with Gasteiger partial charge in [-0.2, -0.15) is 0 Å². The average Bonchev–Trinajstić information content (AvgIpc) is 2.66. The molecule has 3 N–H and O–H groups in total. The van der Waals surface area contributed by atoms with Crippen molar-refractivity contribution in [3.8, 4) is 0 Å². The van der Waals surface area contributed by atoms with Gasteiger partial charge in [0, 0.05) is 12.6 Å². The molecule has 6 nitrogen and oxygen atoms in total. The van der Waals surface area contributed by atoms with Crippen LogP contribution in [-0.2, 0) is 28.7 Å². The summed E-state index contributed by atoms with van der Waals surface area (Å²) >= 11 is 0. The van der Waals surface area contributed by atoms with Gasteiger partial charge in [-0.1, -0.05) is 54.6 Å². The first-order valence-electron chi connectivity index (χ1n) is 8.95. The smallest absolute Gasteiger partial charge is 0.315 e. The lowest BCUT2D eigenvalue weighted by atomic mass is 10.1. The van der Waals surface area contributed by atoms with Crippen molar-refractivity contribution in [1.82, 2.24) is 15.4 Å². The number of hydrogen-bond donors (Lipinski definition) is 3. The molecule has 0 fully saturated rings. The van der Waals surface area contributed by atoms with Crippen LogP contribution < -0.4 is 15.4 Å². The Labute approximate surface area is 161 Å². The Bertz CT molecular complexity index is 821. The third-order valence-electron chi connectivity index (χ3n) is 4.23. The number of hydrogen-bond acceptors (Lipinski definition) is 3. The highest BCUT2D eigenvalue weighted by molar-refractivity contribution is 7.88. The highest BCUT2D eigenvalue weighted by Crippen LogP contribution is 2.08. The molecular formula is C20H27N3O3S. The van der Waals surface area contributed by atoms with Gasteiger partial charge in [0.05, 0.1) is 5.75 Å². The zero-order chi connectivity index (χ0) is 19.7. The van der Waals surface area contributed by atoms with Crippen molar-refractivity contribution in [1.29, 1.82) is 0 Å². The van der Waals surface area contributed by atoms with Crippen LogP contribution >= 0.6 is 0 Å². The third-order valence-corrected chi connectivity index (χ3v) is 5.57. The fourth-order valence-corrected chi connectivity index (χ4v) is 3.38. The van der Waals surface area contributed by atoms with Crippen LogP contribution in [0.4, 0.5) is 4.79 Å². The van der Waals surface area contributed by atoms with Crippen molar-refractivity contribution in [2.45, 2.75) is 38.1 Å². The van der Waals surface area contributed by atoms with E-state index >= 15 is 0 Å². The van der Waals surface area contributed by atoms with E-state index in [1.807, 2.05) is 37.3 Å². The lowest BCUT2D eigenvalue weighted by Crippen LogP contribution is -2.40. The third kappa shape index (κ3) is 7.80. The zero-order valence-electron chi connectivity index (χ0n) is 15.7. The van der Waals surface area contributed by atoms with Crippen LogP contribution in [0.2, 0.25) is 0 Å². The number of benzene rings is 2. The normalized spacial score (nSPS) is 12.4. The highest BCUT2D eigenvalue weighted by Gasteiger charge is 2.09. The molecule has 2 rings (SSSR count). The summed E-state index contributed by atoms with van der Waals surface area (Å²) in [7, 11) is -1.88. The molecule has 2 aromatic carbocycles. The molecule has 7 heteroatoms. The first-order chi connectivity index (χ1) is 12.9. The maximum Gasteiger partial charge on any atom is 0.315 e. The fraction of sp³-hybridized carbons (Fsp3) is 0.350. The Hall–Kier alpha value is -2.38. The van der Waals surface area contributed by atoms with E-state index in [4.69, 9.17) is 0 Å². The second kappa shape index (κ2) is 10.1. The summed E-state index contributed by atoms with van der Waals surface area (Å²) in [4.78, 5) is 12.0. The Kier molecular flexibility index (Phi) is 7.82. The number of carbonyl (C=O) groups excluding carboxylic acids is 1. The lowest BCUT2D eigenvalue weighted by Gasteiger charge is -2.15. The Morgan fingerprint density at radius 2 is 1.59 bits per heavy atom. The first kappa shape index (κ1) is 20.9. The molecule has 0 bridgehead atoms. The molecule has 0 aliphatic rings. The molecule has 0 heterocycles. The monoisotopic (exact) mass is 389 g/mol. The van der Waals surface area contributed by atoms with Crippen LogP contribution in [0.1, 0.15) is 30.0 Å². The van der Waals surface area contributed by atoms with Crippen molar-refractivity contribution in [2.75, 3.05) is 7.05 Å². The van der Waals surface area contributed by atoms with E-state index in [1.165, 1.54) is 12.6 Å². The minimum Gasteiger partial charge on any atom is -0.336 e. The van der Waals surface area contributed by atoms with Gasteiger partial charge in [-0.3, -0.25) is 0 Å². The van der Waals surface area contributed by atoms with Crippen molar-refractivity contribution < 1.29 is 13.2 Å². The maximum absolute atomic E-state index is 12.0. The van der Waals surface area contributed by atoms with E-state index in [0.29, 0.717) is 12.1 Å². The summed E-state index contributed by atoms with van der Waals surface area (Å²) in [5.41, 5.74) is 2.87. The topological polar surface area (TPSA) is 87.3 Å². The van der Waals surface area contributed by atoms with Crippen LogP contribution in [-0.4, -0.2) is 27.5 Å². The van der Waals surface area contributed by atoms with Crippen molar-refractivity contribution >= 4 is 16.1 Å². The summed E-state index contributed by atoms with van der Waals surface area (Å²) in [5, 5.41) is 5.76. The van der Waals surface area contributed by atoms with E-state index in [-0.39, 0.29) is 17.8 Å². The molecule has 1 atom stereocenters. The standard InChI is InChI=1S/C20H27N3O3S/c1-16(8-9-17-6-4-3-5-7-17)23-20(24)22-14-18-10-12-19(13-11-18)15-27(25,26)21-2/h3-7,10-13,16,21H,8-9,14-15H2,1-2H3,(H2,22,23,24). The van der Waals surface area contributed by atoms with Gasteiger partial charge in [-0.25, -0.2) is 17.9 Å². The van der Waals surface area contributed by atoms with E-state index in [0.717, 1.165) is 18.4 Å². The fourth-order valence-electron chi connectivity index (χ4n) is 2.60. The highest BCUT2D eigenvalue weighted by atomic mass is 32.2. The summed E-state index contributed by atoms with van der Waals surface area (Å²) < 4.78 is 25.4. The van der Waals surface area contributed by atoms with Crippen molar-refractivity contribution in [3.05, 3.63) is 71.3 Å². The van der Waals surface area contributed by atoms with Crippen LogP contribution in [0, 0.1) is 0 Å². The zero-order valence-corrected chi connectivity index (χ0v) is 16.6. The van der Waals surface area contributed by atoms with E-state index in [2.05, 4.69) is 27.5 Å². The molecule has 0 radical (unpaired) electrons. The maximum atomic E-state index is 12.0. The molecular weight excluding hydrogens is 362 g/mol. The molecule has 0 aromatic heterocycles. The minimum absolute atomic E-state index is 0.0589. The van der Waals surface area contributed by atoms with Gasteiger partial charge in [-0.05, 0) is 43.5 Å². The second-order valence-corrected chi connectivity index (χ2v) is 8.46. The Morgan fingerprint density at radius 3 is 2.22 bits per heavy atom. The predicted molar refractivity (Wildman–Crippen MR) is 108 cm³/mol. The lowest BCUT2D eigenvalue weighted by molar-refractivity contribution is 0.237. The molecule has 0 aliphatic heterocycles. The summed E-state index contributed by atoms with van der Waals surface area (Å²) in [6.45, 7) is 2.37. The van der Waals surface area contributed by atoms with E-state index in [9.17, 15) is 13.2 Å². The van der Waals surface area contributed by atoms with Gasteiger partial charge in [0.15, 0.2) is 0 Å². The number of urea groups is 1. The van der Waals surface area contributed by atoms with Gasteiger partial charge in [0.25, 0.3) is 0 Å². The number of rotatable bonds is 9. The van der Waals surface area contributed by atoms with Crippen LogP contribution in [0.3, 0.4) is 0 Å². The van der Waals surface area contributed by atoms with Gasteiger partial charge >= 0.3 is 6.03 Å². The first-order valence-corrected chi connectivity index (χ1v) is 10.6. The van der Waals surface area contributed by atoms with Gasteiger partial charge < -0.3 is 10.6 Å². The number of amides is 2. The quantitative estimate of drug-likeness (QED) is 0.616. The molecule has 0 saturated heterocycles. The van der Waals surface area contributed by atoms with Crippen molar-refractivity contribution in [3.63, 3.8) is 0 Å². The number of sulfonamides is 1. The van der Waals surface area contributed by atoms with Crippen LogP contribution in [0.25, 0.3) is 0 Å². The summed E-state index contributed by atoms with van der Waals surface area (Å²) in [5.74, 6) is -0.0589. The Balaban J connectivity index is 1.73. The predicted octanol–water partition coefficient (Wildman–Crippen LogP) is 2.56. The molecule has 2 amide bonds. The molecule has 2 aromatic rings.